The summed E-state index contributed by atoms with van der Waals surface area (Å²) in [5.41, 5.74) is 0.570. The minimum Gasteiger partial charge on any atom is -0.419 e. The smallest absolute Gasteiger partial charge is 0.247 e. The summed E-state index contributed by atoms with van der Waals surface area (Å²) in [6.07, 6.45) is 1.89. The molecule has 0 saturated carbocycles. The number of nitrogens with one attached hydrogen (secondary N) is 1. The van der Waals surface area contributed by atoms with Crippen molar-refractivity contribution in [3.63, 3.8) is 0 Å². The summed E-state index contributed by atoms with van der Waals surface area (Å²) in [6.45, 7) is 5.04. The second kappa shape index (κ2) is 6.95. The highest BCUT2D eigenvalue weighted by atomic mass is 79.9. The van der Waals surface area contributed by atoms with E-state index in [9.17, 15) is 4.39 Å². The maximum atomic E-state index is 13.4. The summed E-state index contributed by atoms with van der Waals surface area (Å²) in [5.74, 6) is 0.526. The van der Waals surface area contributed by atoms with Gasteiger partial charge < -0.3 is 9.73 Å². The van der Waals surface area contributed by atoms with Gasteiger partial charge in [0.2, 0.25) is 11.8 Å². The second-order valence-electron chi connectivity index (χ2n) is 4.52. The molecule has 6 heteroatoms. The quantitative estimate of drug-likeness (QED) is 0.859. The molecule has 0 amide bonds. The third-order valence-electron chi connectivity index (χ3n) is 2.90. The van der Waals surface area contributed by atoms with Crippen LogP contribution in [0.25, 0.3) is 11.5 Å². The predicted molar refractivity (Wildman–Crippen MR) is 78.7 cm³/mol. The SMILES string of the molecule is CCCNC(CC)c1nnc(-c2cc(F)cc(Br)c2)o1. The largest absolute Gasteiger partial charge is 0.419 e. The van der Waals surface area contributed by atoms with Crippen molar-refractivity contribution in [1.82, 2.24) is 15.5 Å². The van der Waals surface area contributed by atoms with E-state index in [1.54, 1.807) is 6.07 Å². The first-order chi connectivity index (χ1) is 9.63. The maximum Gasteiger partial charge on any atom is 0.247 e. The first-order valence-electron chi connectivity index (χ1n) is 6.67. The number of benzene rings is 1. The Labute approximate surface area is 125 Å². The summed E-state index contributed by atoms with van der Waals surface area (Å²) < 4.78 is 19.7. The fourth-order valence-corrected chi connectivity index (χ4v) is 2.36. The van der Waals surface area contributed by atoms with Gasteiger partial charge in [0, 0.05) is 10.0 Å². The van der Waals surface area contributed by atoms with Crippen molar-refractivity contribution >= 4 is 15.9 Å². The fraction of sp³-hybridized carbons (Fsp3) is 0.429. The molecular weight excluding hydrogens is 325 g/mol. The molecule has 0 saturated heterocycles. The van der Waals surface area contributed by atoms with Gasteiger partial charge in [-0.1, -0.05) is 29.8 Å². The molecule has 0 fully saturated rings. The second-order valence-corrected chi connectivity index (χ2v) is 5.43. The van der Waals surface area contributed by atoms with Crippen molar-refractivity contribution in [3.05, 3.63) is 34.4 Å². The lowest BCUT2D eigenvalue weighted by Gasteiger charge is -2.11. The Bertz CT molecular complexity index is 553. The van der Waals surface area contributed by atoms with E-state index in [-0.39, 0.29) is 11.9 Å². The zero-order valence-corrected chi connectivity index (χ0v) is 13.1. The van der Waals surface area contributed by atoms with Crippen LogP contribution in [0.5, 0.6) is 0 Å². The minimum atomic E-state index is -0.342. The topological polar surface area (TPSA) is 51.0 Å². The average molecular weight is 342 g/mol. The van der Waals surface area contributed by atoms with Crippen LogP contribution in [-0.2, 0) is 0 Å². The molecule has 1 N–H and O–H groups in total. The molecule has 0 aliphatic carbocycles. The summed E-state index contributed by atoms with van der Waals surface area (Å²) in [5, 5.41) is 11.4. The number of rotatable bonds is 6. The lowest BCUT2D eigenvalue weighted by atomic mass is 10.2. The third kappa shape index (κ3) is 3.64. The van der Waals surface area contributed by atoms with E-state index in [0.717, 1.165) is 19.4 Å². The molecule has 0 spiro atoms. The predicted octanol–water partition coefficient (Wildman–Crippen LogP) is 4.09. The number of aromatic nitrogens is 2. The van der Waals surface area contributed by atoms with Crippen molar-refractivity contribution in [2.75, 3.05) is 6.54 Å². The average Bonchev–Trinajstić information content (AvgIpc) is 2.88. The van der Waals surface area contributed by atoms with Crippen LogP contribution in [0, 0.1) is 5.82 Å². The normalized spacial score (nSPS) is 12.6. The van der Waals surface area contributed by atoms with Crippen molar-refractivity contribution in [2.45, 2.75) is 32.7 Å². The van der Waals surface area contributed by atoms with Crippen molar-refractivity contribution in [2.24, 2.45) is 0 Å². The van der Waals surface area contributed by atoms with E-state index < -0.39 is 0 Å². The summed E-state index contributed by atoms with van der Waals surface area (Å²) >= 11 is 3.25. The first-order valence-corrected chi connectivity index (χ1v) is 7.46. The molecule has 1 unspecified atom stereocenters. The molecular formula is C14H17BrFN3O. The monoisotopic (exact) mass is 341 g/mol. The Morgan fingerprint density at radius 2 is 2.10 bits per heavy atom. The van der Waals surface area contributed by atoms with Gasteiger partial charge in [0.05, 0.1) is 6.04 Å². The zero-order chi connectivity index (χ0) is 14.5. The molecule has 1 aromatic carbocycles. The van der Waals surface area contributed by atoms with Gasteiger partial charge in [-0.3, -0.25) is 0 Å². The standard InChI is InChI=1S/C14H17BrFN3O/c1-3-5-17-12(4-2)14-19-18-13(20-14)9-6-10(15)8-11(16)7-9/h6-8,12,17H,3-5H2,1-2H3. The molecule has 2 aromatic rings. The molecule has 0 radical (unpaired) electrons. The number of hydrogen-bond acceptors (Lipinski definition) is 4. The Kier molecular flexibility index (Phi) is 5.25. The van der Waals surface area contributed by atoms with Gasteiger partial charge in [-0.25, -0.2) is 4.39 Å². The Hall–Kier alpha value is -1.27. The van der Waals surface area contributed by atoms with Gasteiger partial charge in [0.1, 0.15) is 5.82 Å². The van der Waals surface area contributed by atoms with Gasteiger partial charge in [-0.2, -0.15) is 0 Å². The van der Waals surface area contributed by atoms with Crippen LogP contribution in [0.3, 0.4) is 0 Å². The minimum absolute atomic E-state index is 0.0354. The number of nitrogens with zero attached hydrogens (tertiary/aromatic N) is 2. The van der Waals surface area contributed by atoms with Gasteiger partial charge in [0.15, 0.2) is 0 Å². The molecule has 20 heavy (non-hydrogen) atoms. The van der Waals surface area contributed by atoms with Crippen LogP contribution in [0.1, 0.15) is 38.6 Å². The summed E-state index contributed by atoms with van der Waals surface area (Å²) in [4.78, 5) is 0. The van der Waals surface area contributed by atoms with Crippen molar-refractivity contribution < 1.29 is 8.81 Å². The highest BCUT2D eigenvalue weighted by molar-refractivity contribution is 9.10. The lowest BCUT2D eigenvalue weighted by molar-refractivity contribution is 0.396. The number of hydrogen-bond donors (Lipinski definition) is 1. The number of halogens is 2. The van der Waals surface area contributed by atoms with Gasteiger partial charge in [0.25, 0.3) is 0 Å². The first kappa shape index (κ1) is 15.1. The Morgan fingerprint density at radius 3 is 2.75 bits per heavy atom. The van der Waals surface area contributed by atoms with Gasteiger partial charge in [-0.05, 0) is 37.6 Å². The molecule has 2 rings (SSSR count). The molecule has 0 bridgehead atoms. The lowest BCUT2D eigenvalue weighted by Crippen LogP contribution is -2.21. The van der Waals surface area contributed by atoms with E-state index in [1.807, 2.05) is 0 Å². The fourth-order valence-electron chi connectivity index (χ4n) is 1.89. The molecule has 1 heterocycles. The van der Waals surface area contributed by atoms with Crippen LogP contribution in [-0.4, -0.2) is 16.7 Å². The van der Waals surface area contributed by atoms with Crippen LogP contribution in [0.15, 0.2) is 27.1 Å². The van der Waals surface area contributed by atoms with Crippen LogP contribution < -0.4 is 5.32 Å². The van der Waals surface area contributed by atoms with Crippen LogP contribution >= 0.6 is 15.9 Å². The van der Waals surface area contributed by atoms with Crippen LogP contribution in [0.4, 0.5) is 4.39 Å². The van der Waals surface area contributed by atoms with Crippen molar-refractivity contribution in [3.8, 4) is 11.5 Å². The third-order valence-corrected chi connectivity index (χ3v) is 3.36. The Morgan fingerprint density at radius 1 is 1.30 bits per heavy atom. The van der Waals surface area contributed by atoms with E-state index in [1.165, 1.54) is 12.1 Å². The molecule has 4 nitrogen and oxygen atoms in total. The van der Waals surface area contributed by atoms with Gasteiger partial charge >= 0.3 is 0 Å². The van der Waals surface area contributed by atoms with Crippen molar-refractivity contribution in [1.29, 1.82) is 0 Å². The van der Waals surface area contributed by atoms with Crippen LogP contribution in [0.2, 0.25) is 0 Å². The van der Waals surface area contributed by atoms with E-state index in [4.69, 9.17) is 4.42 Å². The summed E-state index contributed by atoms with van der Waals surface area (Å²) in [6, 6.07) is 4.55. The van der Waals surface area contributed by atoms with E-state index in [2.05, 4.69) is 45.3 Å². The molecule has 1 aromatic heterocycles. The summed E-state index contributed by atoms with van der Waals surface area (Å²) in [7, 11) is 0. The highest BCUT2D eigenvalue weighted by Crippen LogP contribution is 2.25. The highest BCUT2D eigenvalue weighted by Gasteiger charge is 2.17. The van der Waals surface area contributed by atoms with Gasteiger partial charge in [-0.15, -0.1) is 10.2 Å². The zero-order valence-electron chi connectivity index (χ0n) is 11.5. The maximum absolute atomic E-state index is 13.4. The molecule has 0 aliphatic rings. The van der Waals surface area contributed by atoms with E-state index in [0.29, 0.717) is 21.8 Å². The molecule has 108 valence electrons. The molecule has 1 atom stereocenters. The Balaban J connectivity index is 2.23. The molecule has 0 aliphatic heterocycles. The van der Waals surface area contributed by atoms with E-state index >= 15 is 0 Å².